The van der Waals surface area contributed by atoms with E-state index in [1.165, 1.54) is 7.05 Å². The highest BCUT2D eigenvalue weighted by Crippen LogP contribution is 2.27. The molecule has 3 N–H and O–H groups in total. The summed E-state index contributed by atoms with van der Waals surface area (Å²) in [5.41, 5.74) is 0.555. The van der Waals surface area contributed by atoms with Crippen molar-refractivity contribution in [2.24, 2.45) is 4.99 Å². The van der Waals surface area contributed by atoms with Crippen molar-refractivity contribution in [1.82, 2.24) is 10.6 Å². The van der Waals surface area contributed by atoms with Gasteiger partial charge in [-0.3, -0.25) is 9.79 Å². The Morgan fingerprint density at radius 3 is 2.40 bits per heavy atom. The number of hydrogen-bond donors (Lipinski definition) is 3. The minimum Gasteiger partial charge on any atom is -0.493 e. The summed E-state index contributed by atoms with van der Waals surface area (Å²) in [6, 6.07) is 7.25. The molecule has 2 aromatic carbocycles. The highest BCUT2D eigenvalue weighted by Gasteiger charge is 2.15. The fourth-order valence-corrected chi connectivity index (χ4v) is 2.56. The van der Waals surface area contributed by atoms with E-state index in [2.05, 4.69) is 20.9 Å². The molecule has 0 unspecified atom stereocenters. The van der Waals surface area contributed by atoms with Gasteiger partial charge in [-0.15, -0.1) is 0 Å². The molecule has 2 aromatic rings. The number of ether oxygens (including phenoxy) is 2. The lowest BCUT2D eigenvalue weighted by Crippen LogP contribution is -2.42. The van der Waals surface area contributed by atoms with Crippen molar-refractivity contribution >= 4 is 17.6 Å². The largest absolute Gasteiger partial charge is 0.493 e. The summed E-state index contributed by atoms with van der Waals surface area (Å²) in [6.45, 7) is 0.253. The van der Waals surface area contributed by atoms with Gasteiger partial charge in [0.05, 0.1) is 26.5 Å². The van der Waals surface area contributed by atoms with Crippen LogP contribution in [0.4, 0.5) is 18.9 Å². The average Bonchev–Trinajstić information content (AvgIpc) is 2.76. The number of nitrogens with zero attached hydrogens (tertiary/aromatic N) is 1. The van der Waals surface area contributed by atoms with Crippen LogP contribution in [0.25, 0.3) is 0 Å². The van der Waals surface area contributed by atoms with Crippen molar-refractivity contribution in [3.8, 4) is 11.5 Å². The molecule has 0 aliphatic carbocycles. The molecule has 0 saturated heterocycles. The molecule has 1 amide bonds. The van der Waals surface area contributed by atoms with Gasteiger partial charge in [0.1, 0.15) is 0 Å². The number of aliphatic imine (C=N–C) groups is 1. The summed E-state index contributed by atoms with van der Waals surface area (Å²) in [7, 11) is 4.65. The van der Waals surface area contributed by atoms with Gasteiger partial charge in [-0.05, 0) is 36.2 Å². The highest BCUT2D eigenvalue weighted by atomic mass is 19.2. The number of carbonyl (C=O) groups excluding carboxylic acids is 1. The minimum atomic E-state index is -1.65. The third kappa shape index (κ3) is 6.03. The normalized spacial score (nSPS) is 11.1. The van der Waals surface area contributed by atoms with Crippen molar-refractivity contribution in [3.63, 3.8) is 0 Å². The van der Waals surface area contributed by atoms with Crippen LogP contribution in [0.2, 0.25) is 0 Å². The van der Waals surface area contributed by atoms with Crippen molar-refractivity contribution < 1.29 is 27.4 Å². The number of anilines is 1. The topological polar surface area (TPSA) is 84.0 Å². The number of nitrogens with one attached hydrogen (secondary N) is 3. The van der Waals surface area contributed by atoms with Gasteiger partial charge in [0.15, 0.2) is 34.9 Å². The molecule has 0 aliphatic rings. The predicted molar refractivity (Wildman–Crippen MR) is 108 cm³/mol. The maximum Gasteiger partial charge on any atom is 0.243 e. The molecule has 0 bridgehead atoms. The van der Waals surface area contributed by atoms with Crippen LogP contribution in [0.5, 0.6) is 11.5 Å². The Bertz CT molecular complexity index is 922. The molecule has 30 heavy (non-hydrogen) atoms. The second-order valence-corrected chi connectivity index (χ2v) is 6.06. The Morgan fingerprint density at radius 1 is 1.00 bits per heavy atom. The van der Waals surface area contributed by atoms with Gasteiger partial charge in [0, 0.05) is 13.6 Å². The molecule has 2 rings (SSSR count). The molecule has 0 radical (unpaired) electrons. The first-order valence-corrected chi connectivity index (χ1v) is 8.98. The predicted octanol–water partition coefficient (Wildman–Crippen LogP) is 2.47. The number of hydrogen-bond acceptors (Lipinski definition) is 4. The van der Waals surface area contributed by atoms with Crippen LogP contribution in [-0.2, 0) is 11.2 Å². The lowest BCUT2D eigenvalue weighted by atomic mass is 10.1. The van der Waals surface area contributed by atoms with Gasteiger partial charge < -0.3 is 25.4 Å². The third-order valence-electron chi connectivity index (χ3n) is 4.10. The Morgan fingerprint density at radius 2 is 1.73 bits per heavy atom. The summed E-state index contributed by atoms with van der Waals surface area (Å²) in [5, 5.41) is 7.96. The summed E-state index contributed by atoms with van der Waals surface area (Å²) in [5.74, 6) is -3.48. The standard InChI is InChI=1S/C20H23F3N4O3/c1-24-20(25-9-8-12-4-7-15(29-2)16(10-12)30-3)26-11-17(28)27-14-6-5-13(21)18(22)19(14)23/h4-7,10H,8-9,11H2,1-3H3,(H,27,28)(H2,24,25,26). The van der Waals surface area contributed by atoms with E-state index in [-0.39, 0.29) is 6.54 Å². The molecule has 0 saturated carbocycles. The quantitative estimate of drug-likeness (QED) is 0.345. The van der Waals surface area contributed by atoms with E-state index in [1.54, 1.807) is 14.2 Å². The van der Waals surface area contributed by atoms with Gasteiger partial charge >= 0.3 is 0 Å². The Balaban J connectivity index is 1.82. The van der Waals surface area contributed by atoms with Crippen LogP contribution in [0.1, 0.15) is 5.56 Å². The third-order valence-corrected chi connectivity index (χ3v) is 4.10. The number of guanidine groups is 1. The van der Waals surface area contributed by atoms with E-state index in [1.807, 2.05) is 18.2 Å². The monoisotopic (exact) mass is 424 g/mol. The smallest absolute Gasteiger partial charge is 0.243 e. The van der Waals surface area contributed by atoms with Gasteiger partial charge in [0.2, 0.25) is 5.91 Å². The first-order valence-electron chi connectivity index (χ1n) is 8.98. The van der Waals surface area contributed by atoms with Crippen LogP contribution in [0, 0.1) is 17.5 Å². The lowest BCUT2D eigenvalue weighted by molar-refractivity contribution is -0.115. The van der Waals surface area contributed by atoms with Crippen molar-refractivity contribution in [2.45, 2.75) is 6.42 Å². The molecular formula is C20H23F3N4O3. The number of carbonyl (C=O) groups is 1. The van der Waals surface area contributed by atoms with E-state index in [9.17, 15) is 18.0 Å². The first-order chi connectivity index (χ1) is 14.4. The van der Waals surface area contributed by atoms with E-state index in [0.29, 0.717) is 30.4 Å². The number of rotatable bonds is 8. The zero-order valence-corrected chi connectivity index (χ0v) is 16.8. The molecule has 162 valence electrons. The highest BCUT2D eigenvalue weighted by molar-refractivity contribution is 5.95. The molecule has 0 fully saturated rings. The van der Waals surface area contributed by atoms with Crippen molar-refractivity contribution in [2.75, 3.05) is 39.7 Å². The van der Waals surface area contributed by atoms with E-state index in [4.69, 9.17) is 9.47 Å². The molecule has 0 atom stereocenters. The fourth-order valence-electron chi connectivity index (χ4n) is 2.56. The molecule has 0 aromatic heterocycles. The Labute approximate surface area is 172 Å². The fraction of sp³-hybridized carbons (Fsp3) is 0.300. The first kappa shape index (κ1) is 22.9. The Hall–Kier alpha value is -3.43. The van der Waals surface area contributed by atoms with Crippen LogP contribution in [-0.4, -0.2) is 46.2 Å². The van der Waals surface area contributed by atoms with E-state index in [0.717, 1.165) is 17.7 Å². The van der Waals surface area contributed by atoms with Crippen LogP contribution in [0.15, 0.2) is 35.3 Å². The van der Waals surface area contributed by atoms with Gasteiger partial charge in [-0.1, -0.05) is 6.07 Å². The molecule has 0 spiro atoms. The summed E-state index contributed by atoms with van der Waals surface area (Å²) < 4.78 is 50.2. The number of halogens is 3. The zero-order valence-electron chi connectivity index (χ0n) is 16.8. The second kappa shape index (κ2) is 10.9. The average molecular weight is 424 g/mol. The van der Waals surface area contributed by atoms with Gasteiger partial charge in [-0.2, -0.15) is 0 Å². The second-order valence-electron chi connectivity index (χ2n) is 6.06. The summed E-state index contributed by atoms with van der Waals surface area (Å²) in [4.78, 5) is 15.9. The lowest BCUT2D eigenvalue weighted by Gasteiger charge is -2.13. The van der Waals surface area contributed by atoms with Crippen LogP contribution < -0.4 is 25.4 Å². The van der Waals surface area contributed by atoms with E-state index >= 15 is 0 Å². The number of methoxy groups -OCH3 is 2. The van der Waals surface area contributed by atoms with Crippen molar-refractivity contribution in [1.29, 1.82) is 0 Å². The molecule has 7 nitrogen and oxygen atoms in total. The molecular weight excluding hydrogens is 401 g/mol. The molecule has 0 heterocycles. The maximum atomic E-state index is 13.6. The Kier molecular flexibility index (Phi) is 8.33. The molecule has 0 aliphatic heterocycles. The summed E-state index contributed by atoms with van der Waals surface area (Å²) in [6.07, 6.45) is 0.646. The van der Waals surface area contributed by atoms with Gasteiger partial charge in [0.25, 0.3) is 0 Å². The van der Waals surface area contributed by atoms with Gasteiger partial charge in [-0.25, -0.2) is 13.2 Å². The van der Waals surface area contributed by atoms with Crippen LogP contribution >= 0.6 is 0 Å². The number of amides is 1. The number of benzene rings is 2. The maximum absolute atomic E-state index is 13.6. The SMILES string of the molecule is CN=C(NCCc1ccc(OC)c(OC)c1)NCC(=O)Nc1ccc(F)c(F)c1F. The van der Waals surface area contributed by atoms with E-state index < -0.39 is 29.0 Å². The van der Waals surface area contributed by atoms with Crippen molar-refractivity contribution in [3.05, 3.63) is 53.3 Å². The van der Waals surface area contributed by atoms with Crippen LogP contribution in [0.3, 0.4) is 0 Å². The molecule has 10 heteroatoms. The summed E-state index contributed by atoms with van der Waals surface area (Å²) >= 11 is 0. The minimum absolute atomic E-state index is 0.255. The zero-order chi connectivity index (χ0) is 22.1.